The second-order valence-corrected chi connectivity index (χ2v) is 9.20. The molecule has 0 fully saturated rings. The molecule has 2 rings (SSSR count). The molecule has 0 unspecified atom stereocenters. The molecule has 0 spiro atoms. The maximum Gasteiger partial charge on any atom is 0.490 e. The highest BCUT2D eigenvalue weighted by atomic mass is 32.2. The SMILES string of the molecule is Cc1ccc(NS(=O)(=O)Cc2ccccc2)c(=O)n1CC(=O)NCCCON=C(N)N.O=C(O)C(F)(F)F. The van der Waals surface area contributed by atoms with Gasteiger partial charge in [-0.25, -0.2) is 13.2 Å². The predicted octanol–water partition coefficient (Wildman–Crippen LogP) is 0.443. The fourth-order valence-corrected chi connectivity index (χ4v) is 3.82. The number of oxime groups is 1. The normalized spacial score (nSPS) is 10.9. The number of pyridine rings is 1. The van der Waals surface area contributed by atoms with Crippen LogP contribution in [0.2, 0.25) is 0 Å². The number of aliphatic carboxylic acids is 1. The molecule has 0 atom stereocenters. The molecule has 2 aromatic rings. The molecule has 0 bridgehead atoms. The zero-order valence-corrected chi connectivity index (χ0v) is 20.9. The summed E-state index contributed by atoms with van der Waals surface area (Å²) >= 11 is 0. The Hall–Kier alpha value is -4.28. The summed E-state index contributed by atoms with van der Waals surface area (Å²) in [5.74, 6) is -3.63. The van der Waals surface area contributed by atoms with Crippen molar-refractivity contribution < 1.29 is 41.1 Å². The number of carboxylic acid groups (broad SMARTS) is 1. The lowest BCUT2D eigenvalue weighted by molar-refractivity contribution is -0.192. The second kappa shape index (κ2) is 14.5. The summed E-state index contributed by atoms with van der Waals surface area (Å²) in [4.78, 5) is 38.6. The van der Waals surface area contributed by atoms with Gasteiger partial charge in [0.25, 0.3) is 5.56 Å². The van der Waals surface area contributed by atoms with Crippen molar-refractivity contribution in [2.75, 3.05) is 17.9 Å². The number of alkyl halides is 3. The van der Waals surface area contributed by atoms with Gasteiger partial charge >= 0.3 is 12.1 Å². The molecular formula is C21H27F3N6O7S. The number of rotatable bonds is 11. The summed E-state index contributed by atoms with van der Waals surface area (Å²) < 4.78 is 60.1. The van der Waals surface area contributed by atoms with Crippen LogP contribution in [0.5, 0.6) is 0 Å². The Morgan fingerprint density at radius 3 is 2.29 bits per heavy atom. The van der Waals surface area contributed by atoms with Gasteiger partial charge in [0.1, 0.15) is 18.8 Å². The highest BCUT2D eigenvalue weighted by Crippen LogP contribution is 2.13. The maximum atomic E-state index is 12.7. The van der Waals surface area contributed by atoms with Gasteiger partial charge in [-0.3, -0.25) is 14.3 Å². The van der Waals surface area contributed by atoms with Crippen LogP contribution in [0.3, 0.4) is 0 Å². The zero-order chi connectivity index (χ0) is 28.9. The van der Waals surface area contributed by atoms with Gasteiger partial charge in [-0.1, -0.05) is 30.3 Å². The highest BCUT2D eigenvalue weighted by Gasteiger charge is 2.38. The van der Waals surface area contributed by atoms with Crippen molar-refractivity contribution in [1.82, 2.24) is 9.88 Å². The molecule has 1 heterocycles. The number of benzene rings is 1. The third-order valence-electron chi connectivity index (χ3n) is 4.31. The summed E-state index contributed by atoms with van der Waals surface area (Å²) in [6, 6.07) is 11.6. The summed E-state index contributed by atoms with van der Waals surface area (Å²) in [5, 5.41) is 13.1. The summed E-state index contributed by atoms with van der Waals surface area (Å²) in [5.41, 5.74) is 10.6. The van der Waals surface area contributed by atoms with Crippen molar-refractivity contribution in [2.45, 2.75) is 31.8 Å². The largest absolute Gasteiger partial charge is 0.490 e. The molecule has 0 saturated carbocycles. The van der Waals surface area contributed by atoms with E-state index in [4.69, 9.17) is 26.2 Å². The van der Waals surface area contributed by atoms with Crippen molar-refractivity contribution in [3.05, 3.63) is 64.1 Å². The van der Waals surface area contributed by atoms with Crippen LogP contribution < -0.4 is 27.1 Å². The first-order valence-electron chi connectivity index (χ1n) is 10.6. The molecule has 38 heavy (non-hydrogen) atoms. The van der Waals surface area contributed by atoms with Crippen molar-refractivity contribution in [1.29, 1.82) is 0 Å². The fourth-order valence-electron chi connectivity index (χ4n) is 2.63. The van der Waals surface area contributed by atoms with Gasteiger partial charge in [-0.05, 0) is 29.8 Å². The van der Waals surface area contributed by atoms with Crippen molar-refractivity contribution >= 4 is 33.5 Å². The number of guanidine groups is 1. The van der Waals surface area contributed by atoms with Gasteiger partial charge in [-0.2, -0.15) is 13.2 Å². The summed E-state index contributed by atoms with van der Waals surface area (Å²) in [6.07, 6.45) is -4.63. The first-order valence-corrected chi connectivity index (χ1v) is 12.3. The number of carbonyl (C=O) groups excluding carboxylic acids is 1. The number of aromatic nitrogens is 1. The monoisotopic (exact) mass is 564 g/mol. The van der Waals surface area contributed by atoms with Crippen LogP contribution in [0.1, 0.15) is 17.7 Å². The van der Waals surface area contributed by atoms with Gasteiger partial charge in [-0.15, -0.1) is 0 Å². The number of carbonyl (C=O) groups is 2. The predicted molar refractivity (Wildman–Crippen MR) is 131 cm³/mol. The Morgan fingerprint density at radius 1 is 1.13 bits per heavy atom. The number of hydrogen-bond donors (Lipinski definition) is 5. The van der Waals surface area contributed by atoms with Crippen molar-refractivity contribution in [3.63, 3.8) is 0 Å². The minimum absolute atomic E-state index is 0.125. The number of nitrogens with two attached hydrogens (primary N) is 2. The second-order valence-electron chi connectivity index (χ2n) is 7.48. The van der Waals surface area contributed by atoms with Gasteiger partial charge in [0.05, 0.1) is 5.75 Å². The zero-order valence-electron chi connectivity index (χ0n) is 20.1. The Kier molecular flexibility index (Phi) is 12.1. The first-order chi connectivity index (χ1) is 17.6. The number of amides is 1. The van der Waals surface area contributed by atoms with E-state index in [-0.39, 0.29) is 37.1 Å². The Bertz CT molecular complexity index is 1280. The number of nitrogens with one attached hydrogen (secondary N) is 2. The van der Waals surface area contributed by atoms with Crippen LogP contribution in [-0.2, 0) is 36.7 Å². The van der Waals surface area contributed by atoms with E-state index < -0.39 is 33.6 Å². The molecule has 1 aromatic heterocycles. The topological polar surface area (TPSA) is 208 Å². The van der Waals surface area contributed by atoms with Crippen LogP contribution in [0.4, 0.5) is 18.9 Å². The number of carboxylic acids is 1. The van der Waals surface area contributed by atoms with E-state index in [2.05, 4.69) is 15.2 Å². The van der Waals surface area contributed by atoms with Crippen LogP contribution in [0.25, 0.3) is 0 Å². The van der Waals surface area contributed by atoms with Crippen LogP contribution >= 0.6 is 0 Å². The number of aryl methyl sites for hydroxylation is 1. The Morgan fingerprint density at radius 2 is 1.74 bits per heavy atom. The van der Waals surface area contributed by atoms with E-state index in [0.29, 0.717) is 17.7 Å². The van der Waals surface area contributed by atoms with Crippen molar-refractivity contribution in [3.8, 4) is 0 Å². The molecule has 210 valence electrons. The molecule has 13 nitrogen and oxygen atoms in total. The number of halogens is 3. The smallest absolute Gasteiger partial charge is 0.475 e. The molecule has 0 radical (unpaired) electrons. The molecule has 17 heteroatoms. The number of nitrogens with zero attached hydrogens (tertiary/aromatic N) is 2. The summed E-state index contributed by atoms with van der Waals surface area (Å²) in [7, 11) is -3.80. The molecule has 0 saturated heterocycles. The van der Waals surface area contributed by atoms with Gasteiger partial charge in [0.2, 0.25) is 21.9 Å². The van der Waals surface area contributed by atoms with E-state index >= 15 is 0 Å². The summed E-state index contributed by atoms with van der Waals surface area (Å²) in [6.45, 7) is 1.89. The highest BCUT2D eigenvalue weighted by molar-refractivity contribution is 7.91. The molecule has 0 aliphatic heterocycles. The van der Waals surface area contributed by atoms with Gasteiger partial charge in [0.15, 0.2) is 0 Å². The molecule has 0 aliphatic rings. The van der Waals surface area contributed by atoms with Crippen LogP contribution in [0.15, 0.2) is 52.4 Å². The third-order valence-corrected chi connectivity index (χ3v) is 5.55. The maximum absolute atomic E-state index is 12.7. The molecular weight excluding hydrogens is 537 g/mol. The lowest BCUT2D eigenvalue weighted by Crippen LogP contribution is -2.35. The van der Waals surface area contributed by atoms with Crippen molar-refractivity contribution in [2.24, 2.45) is 16.6 Å². The minimum atomic E-state index is -5.08. The van der Waals surface area contributed by atoms with Gasteiger partial charge < -0.3 is 31.3 Å². The molecule has 7 N–H and O–H groups in total. The molecule has 1 amide bonds. The standard InChI is InChI=1S/C19H26N6O5S.C2HF3O2/c1-14-8-9-16(24-31(28,29)13-15-6-3-2-4-7-15)18(27)25(14)12-17(26)22-10-5-11-30-23-19(20)21;3-2(4,5)1(6)7/h2-4,6-9,24H,5,10-13H2,1H3,(H,22,26)(H4,20,21,23);(H,6,7). The molecule has 0 aliphatic carbocycles. The number of sulfonamides is 1. The third kappa shape index (κ3) is 12.1. The van der Waals surface area contributed by atoms with E-state index in [0.717, 1.165) is 0 Å². The Balaban J connectivity index is 0.000000905. The first kappa shape index (κ1) is 31.7. The lowest BCUT2D eigenvalue weighted by Gasteiger charge is -2.13. The average Bonchev–Trinajstić information content (AvgIpc) is 2.80. The van der Waals surface area contributed by atoms with Gasteiger partial charge in [0, 0.05) is 18.7 Å². The van der Waals surface area contributed by atoms with E-state index in [1.165, 1.54) is 10.6 Å². The Labute approximate surface area is 215 Å². The number of hydrogen-bond acceptors (Lipinski definition) is 7. The lowest BCUT2D eigenvalue weighted by atomic mass is 10.2. The van der Waals surface area contributed by atoms with Crippen LogP contribution in [0, 0.1) is 6.92 Å². The van der Waals surface area contributed by atoms with E-state index in [1.807, 2.05) is 0 Å². The quantitative estimate of drug-likeness (QED) is 0.111. The number of anilines is 1. The minimum Gasteiger partial charge on any atom is -0.475 e. The van der Waals surface area contributed by atoms with E-state index in [1.54, 1.807) is 43.3 Å². The fraction of sp³-hybridized carbons (Fsp3) is 0.333. The average molecular weight is 565 g/mol. The van der Waals surface area contributed by atoms with Crippen LogP contribution in [-0.4, -0.2) is 55.3 Å². The molecule has 1 aromatic carbocycles. The van der Waals surface area contributed by atoms with E-state index in [9.17, 15) is 31.2 Å².